The second kappa shape index (κ2) is 4.00. The van der Waals surface area contributed by atoms with Crippen LogP contribution in [0.5, 0.6) is 0 Å². The van der Waals surface area contributed by atoms with Crippen molar-refractivity contribution in [1.29, 1.82) is 0 Å². The topological polar surface area (TPSA) is 53.1 Å². The fraction of sp³-hybridized carbons (Fsp3) is 0.308. The third kappa shape index (κ3) is 1.94. The SMILES string of the molecule is Cc1[nH]c2ccc(CCC(=O)O)cc2c1C. The van der Waals surface area contributed by atoms with Gasteiger partial charge in [-0.3, -0.25) is 4.79 Å². The van der Waals surface area contributed by atoms with Crippen LogP contribution in [0.2, 0.25) is 0 Å². The summed E-state index contributed by atoms with van der Waals surface area (Å²) in [6, 6.07) is 6.09. The number of carboxylic acids is 1. The highest BCUT2D eigenvalue weighted by molar-refractivity contribution is 5.85. The molecule has 0 spiro atoms. The fourth-order valence-electron chi connectivity index (χ4n) is 1.92. The lowest BCUT2D eigenvalue weighted by Gasteiger charge is -1.99. The first kappa shape index (κ1) is 10.7. The third-order valence-electron chi connectivity index (χ3n) is 3.00. The Bertz CT molecular complexity index is 540. The van der Waals surface area contributed by atoms with E-state index in [4.69, 9.17) is 5.11 Å². The van der Waals surface area contributed by atoms with Crippen LogP contribution in [0.25, 0.3) is 10.9 Å². The molecule has 1 heterocycles. The van der Waals surface area contributed by atoms with Crippen LogP contribution in [-0.2, 0) is 11.2 Å². The molecule has 0 unspecified atom stereocenters. The van der Waals surface area contributed by atoms with Crippen molar-refractivity contribution in [1.82, 2.24) is 4.98 Å². The largest absolute Gasteiger partial charge is 0.481 e. The van der Waals surface area contributed by atoms with Crippen molar-refractivity contribution in [3.63, 3.8) is 0 Å². The number of carboxylic acid groups (broad SMARTS) is 1. The molecular formula is C13H15NO2. The molecule has 0 aliphatic rings. The minimum absolute atomic E-state index is 0.188. The summed E-state index contributed by atoms with van der Waals surface area (Å²) in [5.74, 6) is -0.748. The first-order valence-electron chi connectivity index (χ1n) is 5.37. The predicted octanol–water partition coefficient (Wildman–Crippen LogP) is 2.80. The molecule has 3 nitrogen and oxygen atoms in total. The van der Waals surface area contributed by atoms with Crippen molar-refractivity contribution >= 4 is 16.9 Å². The van der Waals surface area contributed by atoms with Crippen molar-refractivity contribution < 1.29 is 9.90 Å². The number of carbonyl (C=O) groups is 1. The number of nitrogens with one attached hydrogen (secondary N) is 1. The van der Waals surface area contributed by atoms with Gasteiger partial charge in [-0.15, -0.1) is 0 Å². The minimum atomic E-state index is -0.748. The predicted molar refractivity (Wildman–Crippen MR) is 63.7 cm³/mol. The molecule has 84 valence electrons. The monoisotopic (exact) mass is 217 g/mol. The molecule has 0 atom stereocenters. The van der Waals surface area contributed by atoms with Gasteiger partial charge in [0, 0.05) is 23.0 Å². The van der Waals surface area contributed by atoms with Crippen molar-refractivity contribution in [2.45, 2.75) is 26.7 Å². The average Bonchev–Trinajstić information content (AvgIpc) is 2.52. The maximum atomic E-state index is 10.5. The number of aliphatic carboxylic acids is 1. The van der Waals surface area contributed by atoms with E-state index >= 15 is 0 Å². The van der Waals surface area contributed by atoms with Gasteiger partial charge in [0.2, 0.25) is 0 Å². The Morgan fingerprint density at radius 3 is 2.81 bits per heavy atom. The summed E-state index contributed by atoms with van der Waals surface area (Å²) in [5.41, 5.74) is 4.61. The summed E-state index contributed by atoms with van der Waals surface area (Å²) in [6.07, 6.45) is 0.781. The molecule has 0 fully saturated rings. The highest BCUT2D eigenvalue weighted by Crippen LogP contribution is 2.22. The van der Waals surface area contributed by atoms with E-state index in [1.165, 1.54) is 16.6 Å². The number of H-pyrrole nitrogens is 1. The summed E-state index contributed by atoms with van der Waals surface area (Å²) < 4.78 is 0. The van der Waals surface area contributed by atoms with Crippen molar-refractivity contribution in [2.24, 2.45) is 0 Å². The van der Waals surface area contributed by atoms with E-state index in [1.807, 2.05) is 19.1 Å². The molecule has 0 aliphatic carbocycles. The molecule has 1 aromatic heterocycles. The Labute approximate surface area is 94.1 Å². The first-order chi connectivity index (χ1) is 7.58. The smallest absolute Gasteiger partial charge is 0.303 e. The lowest BCUT2D eigenvalue weighted by Crippen LogP contribution is -1.97. The molecule has 0 saturated heterocycles. The number of aryl methyl sites for hydroxylation is 3. The van der Waals surface area contributed by atoms with Gasteiger partial charge in [0.15, 0.2) is 0 Å². The van der Waals surface area contributed by atoms with Gasteiger partial charge in [-0.2, -0.15) is 0 Å². The van der Waals surface area contributed by atoms with Crippen LogP contribution in [0.3, 0.4) is 0 Å². The molecule has 1 aromatic carbocycles. The Balaban J connectivity index is 2.35. The Morgan fingerprint density at radius 1 is 1.38 bits per heavy atom. The molecule has 2 rings (SSSR count). The number of benzene rings is 1. The van der Waals surface area contributed by atoms with Gasteiger partial charge in [0.05, 0.1) is 0 Å². The van der Waals surface area contributed by atoms with Crippen LogP contribution in [0.15, 0.2) is 18.2 Å². The van der Waals surface area contributed by atoms with Gasteiger partial charge >= 0.3 is 5.97 Å². The second-order valence-electron chi connectivity index (χ2n) is 4.15. The Hall–Kier alpha value is -1.77. The van der Waals surface area contributed by atoms with E-state index in [9.17, 15) is 4.79 Å². The molecule has 3 heteroatoms. The van der Waals surface area contributed by atoms with Crippen molar-refractivity contribution in [3.05, 3.63) is 35.0 Å². The fourth-order valence-corrected chi connectivity index (χ4v) is 1.92. The Kier molecular flexibility index (Phi) is 2.69. The number of hydrogen-bond donors (Lipinski definition) is 2. The minimum Gasteiger partial charge on any atom is -0.481 e. The molecule has 2 N–H and O–H groups in total. The summed E-state index contributed by atoms with van der Waals surface area (Å²) in [6.45, 7) is 4.13. The lowest BCUT2D eigenvalue weighted by atomic mass is 10.1. The van der Waals surface area contributed by atoms with E-state index in [1.54, 1.807) is 0 Å². The summed E-state index contributed by atoms with van der Waals surface area (Å²) in [4.78, 5) is 13.8. The molecule has 0 saturated carbocycles. The average molecular weight is 217 g/mol. The van der Waals surface area contributed by atoms with Crippen LogP contribution in [0, 0.1) is 13.8 Å². The standard InChI is InChI=1S/C13H15NO2/c1-8-9(2)14-12-5-3-10(7-11(8)12)4-6-13(15)16/h3,5,7,14H,4,6H2,1-2H3,(H,15,16). The highest BCUT2D eigenvalue weighted by atomic mass is 16.4. The van der Waals surface area contributed by atoms with Crippen LogP contribution in [0.1, 0.15) is 23.2 Å². The van der Waals surface area contributed by atoms with Gasteiger partial charge in [-0.25, -0.2) is 0 Å². The zero-order chi connectivity index (χ0) is 11.7. The van der Waals surface area contributed by atoms with Gasteiger partial charge in [0.1, 0.15) is 0 Å². The van der Waals surface area contributed by atoms with Gasteiger partial charge < -0.3 is 10.1 Å². The Morgan fingerprint density at radius 2 is 2.12 bits per heavy atom. The van der Waals surface area contributed by atoms with Crippen molar-refractivity contribution in [2.75, 3.05) is 0 Å². The highest BCUT2D eigenvalue weighted by Gasteiger charge is 2.05. The summed E-state index contributed by atoms with van der Waals surface area (Å²) >= 11 is 0. The second-order valence-corrected chi connectivity index (χ2v) is 4.15. The van der Waals surface area contributed by atoms with Gasteiger partial charge in [-0.1, -0.05) is 6.07 Å². The van der Waals surface area contributed by atoms with E-state index < -0.39 is 5.97 Å². The maximum absolute atomic E-state index is 10.5. The number of fused-ring (bicyclic) bond motifs is 1. The van der Waals surface area contributed by atoms with E-state index in [0.29, 0.717) is 6.42 Å². The number of aromatic nitrogens is 1. The molecule has 0 radical (unpaired) electrons. The quantitative estimate of drug-likeness (QED) is 0.830. The molecule has 0 aliphatic heterocycles. The van der Waals surface area contributed by atoms with Crippen LogP contribution in [-0.4, -0.2) is 16.1 Å². The van der Waals surface area contributed by atoms with Crippen LogP contribution in [0.4, 0.5) is 0 Å². The van der Waals surface area contributed by atoms with Gasteiger partial charge in [-0.05, 0) is 43.5 Å². The van der Waals surface area contributed by atoms with Crippen LogP contribution < -0.4 is 0 Å². The zero-order valence-electron chi connectivity index (χ0n) is 9.50. The molecule has 2 aromatic rings. The molecule has 16 heavy (non-hydrogen) atoms. The summed E-state index contributed by atoms with van der Waals surface area (Å²) in [7, 11) is 0. The third-order valence-corrected chi connectivity index (χ3v) is 3.00. The first-order valence-corrected chi connectivity index (χ1v) is 5.37. The van der Waals surface area contributed by atoms with E-state index in [0.717, 1.165) is 11.1 Å². The van der Waals surface area contributed by atoms with Crippen LogP contribution >= 0.6 is 0 Å². The number of rotatable bonds is 3. The van der Waals surface area contributed by atoms with E-state index in [2.05, 4.69) is 18.0 Å². The van der Waals surface area contributed by atoms with Gasteiger partial charge in [0.25, 0.3) is 0 Å². The van der Waals surface area contributed by atoms with Crippen molar-refractivity contribution in [3.8, 4) is 0 Å². The number of aromatic amines is 1. The number of hydrogen-bond acceptors (Lipinski definition) is 1. The van der Waals surface area contributed by atoms with E-state index in [-0.39, 0.29) is 6.42 Å². The summed E-state index contributed by atoms with van der Waals surface area (Å²) in [5, 5.41) is 9.84. The lowest BCUT2D eigenvalue weighted by molar-refractivity contribution is -0.136. The maximum Gasteiger partial charge on any atom is 0.303 e. The zero-order valence-corrected chi connectivity index (χ0v) is 9.50. The molecule has 0 bridgehead atoms. The molecular weight excluding hydrogens is 202 g/mol. The normalized spacial score (nSPS) is 10.9. The molecule has 0 amide bonds.